The molecule has 1 N–H and O–H groups in total. The lowest BCUT2D eigenvalue weighted by molar-refractivity contribution is 0.996. The molecule has 1 unspecified atom stereocenters. The second-order valence-corrected chi connectivity index (χ2v) is 5.58. The number of rotatable bonds is 3. The van der Waals surface area contributed by atoms with Crippen LogP contribution in [0.1, 0.15) is 11.6 Å². The zero-order valence-corrected chi connectivity index (χ0v) is 12.8. The molecule has 0 fully saturated rings. The first-order valence-electron chi connectivity index (χ1n) is 5.47. The van der Waals surface area contributed by atoms with Crippen LogP contribution >= 0.6 is 39.1 Å². The third-order valence-corrected chi connectivity index (χ3v) is 4.03. The largest absolute Gasteiger partial charge is 0.366 e. The number of hydrogen-bond acceptors (Lipinski definition) is 2. The maximum atomic E-state index is 9.27. The van der Waals surface area contributed by atoms with Crippen LogP contribution in [0.4, 0.5) is 5.69 Å². The van der Waals surface area contributed by atoms with E-state index < -0.39 is 6.04 Å². The van der Waals surface area contributed by atoms with Gasteiger partial charge in [0.1, 0.15) is 6.04 Å². The maximum Gasteiger partial charge on any atom is 0.140 e. The lowest BCUT2D eigenvalue weighted by Crippen LogP contribution is -2.08. The molecule has 0 bridgehead atoms. The van der Waals surface area contributed by atoms with Crippen LogP contribution in [-0.2, 0) is 0 Å². The van der Waals surface area contributed by atoms with E-state index in [9.17, 15) is 5.26 Å². The van der Waals surface area contributed by atoms with Gasteiger partial charge in [-0.3, -0.25) is 0 Å². The number of benzene rings is 2. The molecular weight excluding hydrogens is 347 g/mol. The molecule has 0 radical (unpaired) electrons. The van der Waals surface area contributed by atoms with Gasteiger partial charge in [-0.05, 0) is 57.9 Å². The van der Waals surface area contributed by atoms with Crippen molar-refractivity contribution >= 4 is 44.8 Å². The van der Waals surface area contributed by atoms with E-state index in [0.29, 0.717) is 10.0 Å². The highest BCUT2D eigenvalue weighted by Crippen LogP contribution is 2.27. The van der Waals surface area contributed by atoms with E-state index >= 15 is 0 Å². The molecule has 0 aromatic heterocycles. The lowest BCUT2D eigenvalue weighted by Gasteiger charge is -2.14. The van der Waals surface area contributed by atoms with Crippen molar-refractivity contribution in [1.82, 2.24) is 0 Å². The summed E-state index contributed by atoms with van der Waals surface area (Å²) in [4.78, 5) is 0. The Labute approximate surface area is 130 Å². The van der Waals surface area contributed by atoms with Crippen molar-refractivity contribution in [1.29, 1.82) is 5.26 Å². The lowest BCUT2D eigenvalue weighted by atomic mass is 10.1. The second-order valence-electron chi connectivity index (χ2n) is 3.89. The third kappa shape index (κ3) is 3.63. The van der Waals surface area contributed by atoms with Gasteiger partial charge in [-0.25, -0.2) is 0 Å². The SMILES string of the molecule is N#CC(Nc1ccc(Cl)cc1)c1ccc(Cl)c(Br)c1. The first kappa shape index (κ1) is 14.2. The van der Waals surface area contributed by atoms with E-state index in [-0.39, 0.29) is 0 Å². The van der Waals surface area contributed by atoms with Crippen molar-refractivity contribution in [2.24, 2.45) is 0 Å². The van der Waals surface area contributed by atoms with Crippen molar-refractivity contribution in [2.75, 3.05) is 5.32 Å². The Morgan fingerprint density at radius 1 is 1.11 bits per heavy atom. The molecule has 0 spiro atoms. The fourth-order valence-electron chi connectivity index (χ4n) is 1.59. The molecule has 0 aliphatic carbocycles. The molecule has 0 aliphatic rings. The molecule has 2 rings (SSSR count). The summed E-state index contributed by atoms with van der Waals surface area (Å²) in [6.07, 6.45) is 0. The number of anilines is 1. The van der Waals surface area contributed by atoms with Crippen LogP contribution in [0.2, 0.25) is 10.0 Å². The molecule has 1 atom stereocenters. The van der Waals surface area contributed by atoms with Crippen molar-refractivity contribution in [2.45, 2.75) is 6.04 Å². The zero-order valence-electron chi connectivity index (χ0n) is 9.70. The van der Waals surface area contributed by atoms with Gasteiger partial charge in [0.05, 0.1) is 11.1 Å². The maximum absolute atomic E-state index is 9.27. The minimum atomic E-state index is -0.449. The first-order valence-corrected chi connectivity index (χ1v) is 7.01. The number of nitrogens with zero attached hydrogens (tertiary/aromatic N) is 1. The highest BCUT2D eigenvalue weighted by atomic mass is 79.9. The van der Waals surface area contributed by atoms with Crippen molar-refractivity contribution in [3.05, 3.63) is 62.5 Å². The Kier molecular flexibility index (Phi) is 4.71. The normalized spacial score (nSPS) is 11.7. The molecule has 2 aromatic rings. The van der Waals surface area contributed by atoms with Gasteiger partial charge in [-0.15, -0.1) is 0 Å². The summed E-state index contributed by atoms with van der Waals surface area (Å²) in [6, 6.07) is 14.4. The smallest absolute Gasteiger partial charge is 0.140 e. The van der Waals surface area contributed by atoms with E-state index in [0.717, 1.165) is 15.7 Å². The third-order valence-electron chi connectivity index (χ3n) is 2.56. The van der Waals surface area contributed by atoms with Crippen LogP contribution in [0.25, 0.3) is 0 Å². The van der Waals surface area contributed by atoms with Crippen molar-refractivity contribution in [3.8, 4) is 6.07 Å². The van der Waals surface area contributed by atoms with E-state index in [1.165, 1.54) is 0 Å². The average molecular weight is 356 g/mol. The summed E-state index contributed by atoms with van der Waals surface area (Å²) in [6.45, 7) is 0. The minimum absolute atomic E-state index is 0.449. The highest BCUT2D eigenvalue weighted by molar-refractivity contribution is 9.10. The standard InChI is InChI=1S/C14H9BrCl2N2/c15-12-7-9(1-6-13(12)17)14(8-18)19-11-4-2-10(16)3-5-11/h1-7,14,19H. The van der Waals surface area contributed by atoms with Crippen LogP contribution in [0, 0.1) is 11.3 Å². The topological polar surface area (TPSA) is 35.8 Å². The van der Waals surface area contributed by atoms with E-state index in [1.807, 2.05) is 24.3 Å². The molecule has 5 heteroatoms. The van der Waals surface area contributed by atoms with Crippen LogP contribution in [0.5, 0.6) is 0 Å². The monoisotopic (exact) mass is 354 g/mol. The molecule has 0 saturated carbocycles. The summed E-state index contributed by atoms with van der Waals surface area (Å²) in [5.41, 5.74) is 1.68. The van der Waals surface area contributed by atoms with Gasteiger partial charge in [0.2, 0.25) is 0 Å². The molecule has 0 aliphatic heterocycles. The predicted octanol–water partition coefficient (Wildman–Crippen LogP) is 5.43. The van der Waals surface area contributed by atoms with Gasteiger partial charge in [-0.2, -0.15) is 5.26 Å². The molecule has 0 heterocycles. The van der Waals surface area contributed by atoms with Gasteiger partial charge in [-0.1, -0.05) is 29.3 Å². The summed E-state index contributed by atoms with van der Waals surface area (Å²) in [7, 11) is 0. The Morgan fingerprint density at radius 3 is 2.37 bits per heavy atom. The fraction of sp³-hybridized carbons (Fsp3) is 0.0714. The number of nitriles is 1. The van der Waals surface area contributed by atoms with Gasteiger partial charge >= 0.3 is 0 Å². The van der Waals surface area contributed by atoms with E-state index in [2.05, 4.69) is 27.3 Å². The van der Waals surface area contributed by atoms with Crippen LogP contribution < -0.4 is 5.32 Å². The van der Waals surface area contributed by atoms with Crippen LogP contribution in [0.3, 0.4) is 0 Å². The summed E-state index contributed by atoms with van der Waals surface area (Å²) in [5.74, 6) is 0. The highest BCUT2D eigenvalue weighted by Gasteiger charge is 2.11. The van der Waals surface area contributed by atoms with E-state index in [4.69, 9.17) is 23.2 Å². The van der Waals surface area contributed by atoms with Crippen molar-refractivity contribution in [3.63, 3.8) is 0 Å². The number of hydrogen-bond donors (Lipinski definition) is 1. The molecule has 0 saturated heterocycles. The molecule has 0 amide bonds. The van der Waals surface area contributed by atoms with Gasteiger partial charge in [0.15, 0.2) is 0 Å². The predicted molar refractivity (Wildman–Crippen MR) is 82.6 cm³/mol. The van der Waals surface area contributed by atoms with Gasteiger partial charge in [0.25, 0.3) is 0 Å². The Balaban J connectivity index is 2.23. The molecule has 19 heavy (non-hydrogen) atoms. The molecule has 2 nitrogen and oxygen atoms in total. The summed E-state index contributed by atoms with van der Waals surface area (Å²) in [5, 5.41) is 13.7. The number of halogens is 3. The van der Waals surface area contributed by atoms with Crippen LogP contribution in [0.15, 0.2) is 46.9 Å². The molecule has 96 valence electrons. The quantitative estimate of drug-likeness (QED) is 0.796. The Hall–Kier alpha value is -1.21. The van der Waals surface area contributed by atoms with Gasteiger partial charge in [0, 0.05) is 15.2 Å². The minimum Gasteiger partial charge on any atom is -0.366 e. The summed E-state index contributed by atoms with van der Waals surface area (Å²) >= 11 is 15.1. The first-order chi connectivity index (χ1) is 9.10. The number of nitrogens with one attached hydrogen (secondary N) is 1. The Morgan fingerprint density at radius 2 is 1.79 bits per heavy atom. The van der Waals surface area contributed by atoms with E-state index in [1.54, 1.807) is 18.2 Å². The Bertz CT molecular complexity index is 620. The van der Waals surface area contributed by atoms with Crippen LogP contribution in [-0.4, -0.2) is 0 Å². The molecule has 2 aromatic carbocycles. The fourth-order valence-corrected chi connectivity index (χ4v) is 2.23. The second kappa shape index (κ2) is 6.29. The van der Waals surface area contributed by atoms with Crippen molar-refractivity contribution < 1.29 is 0 Å². The average Bonchev–Trinajstić information content (AvgIpc) is 2.41. The summed E-state index contributed by atoms with van der Waals surface area (Å²) < 4.78 is 0.768. The van der Waals surface area contributed by atoms with Gasteiger partial charge < -0.3 is 5.32 Å². The zero-order chi connectivity index (χ0) is 13.8. The molecular formula is C14H9BrCl2N2.